The average Bonchev–Trinajstić information content (AvgIpc) is 2.74. The van der Waals surface area contributed by atoms with E-state index in [1.165, 1.54) is 12.1 Å². The maximum Gasteiger partial charge on any atom is 0.335 e. The monoisotopic (exact) mass is 246 g/mol. The summed E-state index contributed by atoms with van der Waals surface area (Å²) in [5.41, 5.74) is 7.06. The van der Waals surface area contributed by atoms with E-state index in [0.29, 0.717) is 17.9 Å². The van der Waals surface area contributed by atoms with E-state index in [1.807, 2.05) is 19.1 Å². The molecule has 0 unspecified atom stereocenters. The lowest BCUT2D eigenvalue weighted by Gasteiger charge is -2.08. The van der Waals surface area contributed by atoms with Crippen LogP contribution in [0, 0.1) is 6.92 Å². The van der Waals surface area contributed by atoms with Crippen LogP contribution >= 0.6 is 0 Å². The normalized spacial score (nSPS) is 10.3. The molecule has 0 saturated carbocycles. The van der Waals surface area contributed by atoms with Gasteiger partial charge in [-0.1, -0.05) is 0 Å². The first-order valence-corrected chi connectivity index (χ1v) is 5.48. The maximum atomic E-state index is 10.9. The largest absolute Gasteiger partial charge is 0.478 e. The molecule has 0 amide bonds. The molecule has 5 heteroatoms. The number of hydrogen-bond donors (Lipinski definition) is 3. The molecule has 0 aliphatic rings. The third-order valence-corrected chi connectivity index (χ3v) is 2.55. The molecular weight excluding hydrogens is 232 g/mol. The van der Waals surface area contributed by atoms with Crippen LogP contribution in [-0.4, -0.2) is 11.1 Å². The molecule has 0 aliphatic carbocycles. The Hall–Kier alpha value is -2.43. The van der Waals surface area contributed by atoms with Crippen molar-refractivity contribution in [1.29, 1.82) is 0 Å². The number of anilines is 2. The van der Waals surface area contributed by atoms with Crippen molar-refractivity contribution in [2.24, 2.45) is 0 Å². The Balaban J connectivity index is 2.13. The summed E-state index contributed by atoms with van der Waals surface area (Å²) >= 11 is 0. The first kappa shape index (κ1) is 12.0. The lowest BCUT2D eigenvalue weighted by atomic mass is 10.1. The van der Waals surface area contributed by atoms with Crippen molar-refractivity contribution in [3.8, 4) is 0 Å². The number of rotatable bonds is 4. The predicted molar refractivity (Wildman–Crippen MR) is 68.6 cm³/mol. The minimum Gasteiger partial charge on any atom is -0.478 e. The van der Waals surface area contributed by atoms with E-state index in [-0.39, 0.29) is 5.56 Å². The highest BCUT2D eigenvalue weighted by atomic mass is 16.4. The lowest BCUT2D eigenvalue weighted by Crippen LogP contribution is -2.04. The van der Waals surface area contributed by atoms with Crippen LogP contribution in [0.25, 0.3) is 0 Å². The first-order chi connectivity index (χ1) is 8.56. The van der Waals surface area contributed by atoms with E-state index >= 15 is 0 Å². The Bertz CT molecular complexity index is 575. The molecule has 0 aliphatic heterocycles. The fourth-order valence-corrected chi connectivity index (χ4v) is 1.60. The molecule has 0 fully saturated rings. The zero-order chi connectivity index (χ0) is 13.1. The number of hydrogen-bond acceptors (Lipinski definition) is 4. The van der Waals surface area contributed by atoms with Crippen LogP contribution in [0.5, 0.6) is 0 Å². The third kappa shape index (κ3) is 2.63. The molecule has 2 aromatic rings. The number of benzene rings is 1. The average molecular weight is 246 g/mol. The molecule has 1 aromatic carbocycles. The van der Waals surface area contributed by atoms with Gasteiger partial charge in [0, 0.05) is 0 Å². The van der Waals surface area contributed by atoms with Gasteiger partial charge in [0.05, 0.1) is 23.5 Å². The van der Waals surface area contributed by atoms with Gasteiger partial charge in [0.2, 0.25) is 0 Å². The van der Waals surface area contributed by atoms with Crippen molar-refractivity contribution in [2.45, 2.75) is 13.5 Å². The molecule has 0 atom stereocenters. The topological polar surface area (TPSA) is 88.5 Å². The summed E-state index contributed by atoms with van der Waals surface area (Å²) in [5.74, 6) is 0.624. The number of aromatic carboxylic acids is 1. The molecule has 18 heavy (non-hydrogen) atoms. The lowest BCUT2D eigenvalue weighted by molar-refractivity contribution is 0.0697. The van der Waals surface area contributed by atoms with Crippen LogP contribution in [-0.2, 0) is 6.54 Å². The minimum atomic E-state index is -0.980. The van der Waals surface area contributed by atoms with Crippen LogP contribution < -0.4 is 11.1 Å². The van der Waals surface area contributed by atoms with Crippen LogP contribution in [0.15, 0.2) is 34.7 Å². The van der Waals surface area contributed by atoms with Crippen LogP contribution in [0.1, 0.15) is 21.9 Å². The molecule has 94 valence electrons. The molecule has 0 radical (unpaired) electrons. The molecule has 1 heterocycles. The van der Waals surface area contributed by atoms with Crippen molar-refractivity contribution >= 4 is 17.3 Å². The van der Waals surface area contributed by atoms with Gasteiger partial charge in [0.25, 0.3) is 0 Å². The highest BCUT2D eigenvalue weighted by Gasteiger charge is 2.07. The molecule has 4 N–H and O–H groups in total. The second-order valence-electron chi connectivity index (χ2n) is 3.97. The molecule has 2 rings (SSSR count). The molecule has 0 bridgehead atoms. The van der Waals surface area contributed by atoms with Gasteiger partial charge in [-0.25, -0.2) is 4.79 Å². The second-order valence-corrected chi connectivity index (χ2v) is 3.97. The van der Waals surface area contributed by atoms with Crippen molar-refractivity contribution in [2.75, 3.05) is 11.1 Å². The summed E-state index contributed by atoms with van der Waals surface area (Å²) in [7, 11) is 0. The number of nitrogens with one attached hydrogen (secondary N) is 1. The van der Waals surface area contributed by atoms with Gasteiger partial charge in [-0.2, -0.15) is 0 Å². The summed E-state index contributed by atoms with van der Waals surface area (Å²) in [5, 5.41) is 12.0. The van der Waals surface area contributed by atoms with E-state index in [9.17, 15) is 4.79 Å². The standard InChI is InChI=1S/C13H14N2O3/c1-8-2-4-10(18-8)7-15-12-6-9(13(16)17)3-5-11(12)14/h2-6,15H,7,14H2,1H3,(H,16,17). The SMILES string of the molecule is Cc1ccc(CNc2cc(C(=O)O)ccc2N)o1. The number of nitrogens with two attached hydrogens (primary N) is 1. The number of nitrogen functional groups attached to an aromatic ring is 1. The zero-order valence-electron chi connectivity index (χ0n) is 9.93. The number of carbonyl (C=O) groups is 1. The van der Waals surface area contributed by atoms with Gasteiger partial charge in [-0.3, -0.25) is 0 Å². The Morgan fingerprint density at radius 2 is 2.17 bits per heavy atom. The quantitative estimate of drug-likeness (QED) is 0.721. The predicted octanol–water partition coefficient (Wildman–Crippen LogP) is 2.48. The Labute approximate surface area is 104 Å². The van der Waals surface area contributed by atoms with E-state index < -0.39 is 5.97 Å². The van der Waals surface area contributed by atoms with Crippen LogP contribution in [0.4, 0.5) is 11.4 Å². The van der Waals surface area contributed by atoms with Gasteiger partial charge in [0.1, 0.15) is 11.5 Å². The van der Waals surface area contributed by atoms with E-state index in [0.717, 1.165) is 11.5 Å². The molecule has 5 nitrogen and oxygen atoms in total. The second kappa shape index (κ2) is 4.83. The summed E-state index contributed by atoms with van der Waals surface area (Å²) in [6.45, 7) is 2.32. The van der Waals surface area contributed by atoms with Gasteiger partial charge >= 0.3 is 5.97 Å². The molecule has 0 saturated heterocycles. The summed E-state index contributed by atoms with van der Waals surface area (Å²) in [4.78, 5) is 10.9. The summed E-state index contributed by atoms with van der Waals surface area (Å²) in [6, 6.07) is 8.28. The summed E-state index contributed by atoms with van der Waals surface area (Å²) < 4.78 is 5.40. The van der Waals surface area contributed by atoms with Crippen LogP contribution in [0.2, 0.25) is 0 Å². The molecule has 0 spiro atoms. The van der Waals surface area contributed by atoms with Crippen molar-refractivity contribution < 1.29 is 14.3 Å². The van der Waals surface area contributed by atoms with Gasteiger partial charge < -0.3 is 20.6 Å². The number of carboxylic acid groups (broad SMARTS) is 1. The van der Waals surface area contributed by atoms with E-state index in [4.69, 9.17) is 15.3 Å². The van der Waals surface area contributed by atoms with Crippen molar-refractivity contribution in [1.82, 2.24) is 0 Å². The van der Waals surface area contributed by atoms with Crippen LogP contribution in [0.3, 0.4) is 0 Å². The van der Waals surface area contributed by atoms with E-state index in [2.05, 4.69) is 5.32 Å². The fourth-order valence-electron chi connectivity index (χ4n) is 1.60. The summed E-state index contributed by atoms with van der Waals surface area (Å²) in [6.07, 6.45) is 0. The van der Waals surface area contributed by atoms with Crippen molar-refractivity contribution in [3.63, 3.8) is 0 Å². The Morgan fingerprint density at radius 1 is 1.39 bits per heavy atom. The number of furan rings is 1. The molecular formula is C13H14N2O3. The Kier molecular flexibility index (Phi) is 3.23. The van der Waals surface area contributed by atoms with Crippen molar-refractivity contribution in [3.05, 3.63) is 47.4 Å². The first-order valence-electron chi connectivity index (χ1n) is 5.48. The highest BCUT2D eigenvalue weighted by molar-refractivity contribution is 5.90. The molecule has 1 aromatic heterocycles. The van der Waals surface area contributed by atoms with Gasteiger partial charge in [-0.05, 0) is 37.3 Å². The number of aryl methyl sites for hydroxylation is 1. The Morgan fingerprint density at radius 3 is 2.78 bits per heavy atom. The van der Waals surface area contributed by atoms with E-state index in [1.54, 1.807) is 6.07 Å². The number of carboxylic acids is 1. The minimum absolute atomic E-state index is 0.197. The van der Waals surface area contributed by atoms with Gasteiger partial charge in [-0.15, -0.1) is 0 Å². The third-order valence-electron chi connectivity index (χ3n) is 2.55. The fraction of sp³-hybridized carbons (Fsp3) is 0.154. The smallest absolute Gasteiger partial charge is 0.335 e. The maximum absolute atomic E-state index is 10.9. The highest BCUT2D eigenvalue weighted by Crippen LogP contribution is 2.21. The van der Waals surface area contributed by atoms with Gasteiger partial charge in [0.15, 0.2) is 0 Å². The zero-order valence-corrected chi connectivity index (χ0v) is 9.93.